The molecule has 6 rings (SSSR count). The highest BCUT2D eigenvalue weighted by Crippen LogP contribution is 2.39. The second-order valence-electron chi connectivity index (χ2n) is 9.69. The molecule has 0 spiro atoms. The minimum absolute atomic E-state index is 0.146. The molecule has 1 N–H and O–H groups in total. The lowest BCUT2D eigenvalue weighted by molar-refractivity contribution is 0.294. The van der Waals surface area contributed by atoms with Gasteiger partial charge in [0.05, 0.1) is 17.9 Å². The molecule has 0 unspecified atom stereocenters. The number of benzene rings is 5. The molecular weight excluding hydrogens is 468 g/mol. The number of aromatic hydroxyl groups is 1. The average Bonchev–Trinajstić information content (AvgIpc) is 2.96. The van der Waals surface area contributed by atoms with E-state index in [0.29, 0.717) is 23.9 Å². The van der Waals surface area contributed by atoms with E-state index in [9.17, 15) is 5.11 Å². The Hall–Kier alpha value is -4.44. The molecule has 4 heteroatoms. The van der Waals surface area contributed by atoms with Gasteiger partial charge in [0.15, 0.2) is 5.82 Å². The fourth-order valence-corrected chi connectivity index (χ4v) is 5.20. The summed E-state index contributed by atoms with van der Waals surface area (Å²) in [6.45, 7) is 2.80. The Balaban J connectivity index is 1.57. The van der Waals surface area contributed by atoms with Gasteiger partial charge in [0.2, 0.25) is 5.88 Å². The zero-order valence-corrected chi connectivity index (χ0v) is 21.5. The van der Waals surface area contributed by atoms with Gasteiger partial charge in [-0.1, -0.05) is 99.0 Å². The van der Waals surface area contributed by atoms with E-state index in [4.69, 9.17) is 14.7 Å². The van der Waals surface area contributed by atoms with Crippen molar-refractivity contribution in [3.8, 4) is 34.3 Å². The molecule has 4 nitrogen and oxygen atoms in total. The molecule has 0 aliphatic heterocycles. The van der Waals surface area contributed by atoms with Gasteiger partial charge >= 0.3 is 0 Å². The number of phenols is 1. The Kier molecular flexibility index (Phi) is 6.62. The Morgan fingerprint density at radius 3 is 2.21 bits per heavy atom. The van der Waals surface area contributed by atoms with E-state index < -0.39 is 0 Å². The van der Waals surface area contributed by atoms with Crippen molar-refractivity contribution in [2.24, 2.45) is 0 Å². The molecule has 0 amide bonds. The quantitative estimate of drug-likeness (QED) is 0.168. The van der Waals surface area contributed by atoms with Gasteiger partial charge in [-0.3, -0.25) is 0 Å². The van der Waals surface area contributed by atoms with Crippen molar-refractivity contribution in [1.82, 2.24) is 9.97 Å². The van der Waals surface area contributed by atoms with Gasteiger partial charge in [0.1, 0.15) is 5.75 Å². The normalized spacial score (nSPS) is 11.4. The van der Waals surface area contributed by atoms with Crippen molar-refractivity contribution >= 4 is 32.3 Å². The van der Waals surface area contributed by atoms with Crippen LogP contribution in [0.5, 0.6) is 11.6 Å². The summed E-state index contributed by atoms with van der Waals surface area (Å²) in [5.41, 5.74) is 2.37. The molecule has 38 heavy (non-hydrogen) atoms. The minimum Gasteiger partial charge on any atom is -0.507 e. The molecule has 1 heterocycles. The van der Waals surface area contributed by atoms with Crippen LogP contribution in [0.15, 0.2) is 97.1 Å². The molecule has 0 saturated heterocycles. The summed E-state index contributed by atoms with van der Waals surface area (Å²) in [6, 6.07) is 32.7. The number of aromatic nitrogens is 2. The summed E-state index contributed by atoms with van der Waals surface area (Å²) in [5, 5.41) is 17.7. The third-order valence-electron chi connectivity index (χ3n) is 7.14. The van der Waals surface area contributed by atoms with Crippen molar-refractivity contribution in [3.63, 3.8) is 0 Å². The molecule has 188 valence electrons. The lowest BCUT2D eigenvalue weighted by atomic mass is 9.92. The van der Waals surface area contributed by atoms with Gasteiger partial charge in [-0.2, -0.15) is 4.98 Å². The lowest BCUT2D eigenvalue weighted by Gasteiger charge is -2.15. The summed E-state index contributed by atoms with van der Waals surface area (Å²) >= 11 is 0. The van der Waals surface area contributed by atoms with Crippen LogP contribution in [-0.4, -0.2) is 21.7 Å². The zero-order chi connectivity index (χ0) is 25.9. The van der Waals surface area contributed by atoms with Crippen LogP contribution in [0.3, 0.4) is 0 Å². The van der Waals surface area contributed by atoms with E-state index >= 15 is 0 Å². The molecule has 0 fully saturated rings. The van der Waals surface area contributed by atoms with Crippen molar-refractivity contribution in [2.45, 2.75) is 32.6 Å². The predicted molar refractivity (Wildman–Crippen MR) is 157 cm³/mol. The zero-order valence-electron chi connectivity index (χ0n) is 21.5. The average molecular weight is 499 g/mol. The molecule has 0 bridgehead atoms. The second kappa shape index (κ2) is 10.5. The van der Waals surface area contributed by atoms with Crippen LogP contribution in [0, 0.1) is 0 Å². The van der Waals surface area contributed by atoms with Gasteiger partial charge in [-0.15, -0.1) is 0 Å². The Morgan fingerprint density at radius 2 is 1.37 bits per heavy atom. The number of hydrogen-bond acceptors (Lipinski definition) is 4. The van der Waals surface area contributed by atoms with Gasteiger partial charge in [-0.05, 0) is 56.9 Å². The van der Waals surface area contributed by atoms with E-state index in [-0.39, 0.29) is 5.75 Å². The van der Waals surface area contributed by atoms with Crippen LogP contribution < -0.4 is 4.74 Å². The number of hydrogen-bond donors (Lipinski definition) is 1. The third kappa shape index (κ3) is 4.54. The fraction of sp³-hybridized carbons (Fsp3) is 0.176. The smallest absolute Gasteiger partial charge is 0.217 e. The van der Waals surface area contributed by atoms with Crippen LogP contribution in [0.2, 0.25) is 0 Å². The first kappa shape index (κ1) is 23.9. The standard InChI is InChI=1S/C34H30N2O2/c1-2-3-4-11-20-38-33-22-31(35-34(36-33)28-16-9-10-17-32(28)37)30-21-29-24-13-6-5-12-23(24)18-19-27(29)25-14-7-8-15-26(25)30/h5-10,12-19,21-22,37H,2-4,11,20H2,1H3. The number of para-hydroxylation sites is 1. The highest BCUT2D eigenvalue weighted by Gasteiger charge is 2.16. The summed E-state index contributed by atoms with van der Waals surface area (Å²) in [7, 11) is 0. The van der Waals surface area contributed by atoms with E-state index in [1.54, 1.807) is 12.1 Å². The maximum Gasteiger partial charge on any atom is 0.217 e. The summed E-state index contributed by atoms with van der Waals surface area (Å²) < 4.78 is 6.15. The number of phenolic OH excluding ortho intramolecular Hbond substituents is 1. The van der Waals surface area contributed by atoms with Gasteiger partial charge < -0.3 is 9.84 Å². The maximum atomic E-state index is 10.6. The molecule has 0 saturated carbocycles. The molecular formula is C34H30N2O2. The van der Waals surface area contributed by atoms with E-state index in [1.807, 2.05) is 18.2 Å². The van der Waals surface area contributed by atoms with Crippen LogP contribution in [0.1, 0.15) is 32.6 Å². The summed E-state index contributed by atoms with van der Waals surface area (Å²) in [4.78, 5) is 9.69. The molecule has 1 aromatic heterocycles. The molecule has 0 atom stereocenters. The number of nitrogens with zero attached hydrogens (tertiary/aromatic N) is 2. The molecule has 0 radical (unpaired) electrons. The fourth-order valence-electron chi connectivity index (χ4n) is 5.20. The van der Waals surface area contributed by atoms with E-state index in [1.165, 1.54) is 39.8 Å². The second-order valence-corrected chi connectivity index (χ2v) is 9.69. The molecule has 5 aromatic carbocycles. The minimum atomic E-state index is 0.146. The number of fused-ring (bicyclic) bond motifs is 5. The van der Waals surface area contributed by atoms with Crippen LogP contribution in [-0.2, 0) is 0 Å². The van der Waals surface area contributed by atoms with Crippen molar-refractivity contribution < 1.29 is 9.84 Å². The Labute approximate surface area is 222 Å². The summed E-state index contributed by atoms with van der Waals surface area (Å²) in [6.07, 6.45) is 4.48. The van der Waals surface area contributed by atoms with Crippen LogP contribution in [0.25, 0.3) is 55.0 Å². The van der Waals surface area contributed by atoms with Crippen LogP contribution in [0.4, 0.5) is 0 Å². The number of unbranched alkanes of at least 4 members (excludes halogenated alkanes) is 3. The van der Waals surface area contributed by atoms with Gasteiger partial charge in [-0.25, -0.2) is 4.98 Å². The number of rotatable bonds is 8. The maximum absolute atomic E-state index is 10.6. The van der Waals surface area contributed by atoms with Gasteiger partial charge in [0, 0.05) is 11.6 Å². The number of ether oxygens (including phenoxy) is 1. The van der Waals surface area contributed by atoms with Crippen molar-refractivity contribution in [1.29, 1.82) is 0 Å². The molecule has 0 aliphatic carbocycles. The SMILES string of the molecule is CCCCCCOc1cc(-c2cc3c4ccccc4ccc3c3ccccc23)nc(-c2ccccc2O)n1. The summed E-state index contributed by atoms with van der Waals surface area (Å²) in [5.74, 6) is 1.12. The van der Waals surface area contributed by atoms with Crippen LogP contribution >= 0.6 is 0 Å². The van der Waals surface area contributed by atoms with Crippen molar-refractivity contribution in [2.75, 3.05) is 6.61 Å². The first-order valence-corrected chi connectivity index (χ1v) is 13.4. The highest BCUT2D eigenvalue weighted by atomic mass is 16.5. The Bertz CT molecular complexity index is 1760. The largest absolute Gasteiger partial charge is 0.507 e. The lowest BCUT2D eigenvalue weighted by Crippen LogP contribution is -2.02. The van der Waals surface area contributed by atoms with E-state index in [0.717, 1.165) is 29.5 Å². The first-order valence-electron chi connectivity index (χ1n) is 13.4. The van der Waals surface area contributed by atoms with Gasteiger partial charge in [0.25, 0.3) is 0 Å². The highest BCUT2D eigenvalue weighted by molar-refractivity contribution is 6.20. The first-order chi connectivity index (χ1) is 18.7. The van der Waals surface area contributed by atoms with E-state index in [2.05, 4.69) is 73.7 Å². The molecule has 6 aromatic rings. The van der Waals surface area contributed by atoms with Crippen molar-refractivity contribution in [3.05, 3.63) is 97.1 Å². The molecule has 0 aliphatic rings. The topological polar surface area (TPSA) is 55.2 Å². The Morgan fingerprint density at radius 1 is 0.632 bits per heavy atom. The monoisotopic (exact) mass is 498 g/mol. The predicted octanol–water partition coefficient (Wildman–Crippen LogP) is 8.93. The third-order valence-corrected chi connectivity index (χ3v) is 7.14.